The number of benzene rings is 1. The van der Waals surface area contributed by atoms with Gasteiger partial charge in [-0.15, -0.1) is 0 Å². The van der Waals surface area contributed by atoms with Gasteiger partial charge >= 0.3 is 5.97 Å². The van der Waals surface area contributed by atoms with Gasteiger partial charge in [-0.2, -0.15) is 0 Å². The van der Waals surface area contributed by atoms with Crippen LogP contribution in [0, 0.1) is 11.7 Å². The predicted molar refractivity (Wildman–Crippen MR) is 82.2 cm³/mol. The number of H-pyrrole nitrogens is 1. The average molecular weight is 369 g/mol. The lowest BCUT2D eigenvalue weighted by atomic mass is 9.97. The Bertz CT molecular complexity index is 751. The van der Waals surface area contributed by atoms with Crippen LogP contribution in [0.2, 0.25) is 0 Å². The number of carboxylic acids is 1. The van der Waals surface area contributed by atoms with Crippen molar-refractivity contribution in [3.63, 3.8) is 0 Å². The van der Waals surface area contributed by atoms with Crippen molar-refractivity contribution in [3.05, 3.63) is 34.2 Å². The molecule has 0 spiro atoms. The van der Waals surface area contributed by atoms with Crippen molar-refractivity contribution in [3.8, 4) is 0 Å². The van der Waals surface area contributed by atoms with Crippen LogP contribution in [0.4, 0.5) is 4.39 Å². The minimum Gasteiger partial charge on any atom is -0.481 e. The maximum Gasteiger partial charge on any atom is 0.306 e. The van der Waals surface area contributed by atoms with Crippen molar-refractivity contribution in [2.45, 2.75) is 12.8 Å². The summed E-state index contributed by atoms with van der Waals surface area (Å²) in [6.45, 7) is 0.800. The molecule has 22 heavy (non-hydrogen) atoms. The summed E-state index contributed by atoms with van der Waals surface area (Å²) in [5, 5.41) is 9.34. The number of nitrogens with one attached hydrogen (secondary N) is 1. The number of carboxylic acid groups (broad SMARTS) is 1. The highest BCUT2D eigenvalue weighted by Crippen LogP contribution is 2.25. The van der Waals surface area contributed by atoms with Crippen LogP contribution in [0.25, 0.3) is 10.9 Å². The Labute approximate surface area is 134 Å². The maximum atomic E-state index is 13.9. The number of carbonyl (C=O) groups excluding carboxylic acids is 1. The molecule has 0 atom stereocenters. The third kappa shape index (κ3) is 2.72. The molecule has 0 unspecified atom stereocenters. The highest BCUT2D eigenvalue weighted by Gasteiger charge is 2.28. The molecule has 2 aromatic rings. The van der Waals surface area contributed by atoms with Crippen LogP contribution in [-0.4, -0.2) is 40.0 Å². The van der Waals surface area contributed by atoms with Gasteiger partial charge in [0.15, 0.2) is 0 Å². The molecule has 1 amide bonds. The fraction of sp³-hybridized carbons (Fsp3) is 0.333. The van der Waals surface area contributed by atoms with E-state index in [1.807, 2.05) is 0 Å². The molecule has 1 saturated heterocycles. The molecule has 0 bridgehead atoms. The summed E-state index contributed by atoms with van der Waals surface area (Å²) in [6, 6.07) is 4.57. The lowest BCUT2D eigenvalue weighted by molar-refractivity contribution is -0.143. The van der Waals surface area contributed by atoms with Gasteiger partial charge in [0, 0.05) is 22.9 Å². The summed E-state index contributed by atoms with van der Waals surface area (Å²) < 4.78 is 14.5. The van der Waals surface area contributed by atoms with E-state index in [0.29, 0.717) is 47.0 Å². The standard InChI is InChI=1S/C15H14BrFN2O3/c16-9-5-11(17)10-7-13(18-12(10)6-9)14(20)19-3-1-8(2-4-19)15(21)22/h5-8,18H,1-4H2,(H,21,22). The van der Waals surface area contributed by atoms with E-state index in [4.69, 9.17) is 5.11 Å². The van der Waals surface area contributed by atoms with E-state index in [0.717, 1.165) is 0 Å². The van der Waals surface area contributed by atoms with Crippen molar-refractivity contribution in [1.29, 1.82) is 0 Å². The molecule has 0 saturated carbocycles. The zero-order valence-electron chi connectivity index (χ0n) is 11.6. The Morgan fingerprint density at radius 1 is 1.27 bits per heavy atom. The minimum atomic E-state index is -0.815. The fourth-order valence-electron chi connectivity index (χ4n) is 2.78. The number of hydrogen-bond acceptors (Lipinski definition) is 2. The van der Waals surface area contributed by atoms with Crippen molar-refractivity contribution in [2.75, 3.05) is 13.1 Å². The summed E-state index contributed by atoms with van der Waals surface area (Å²) in [5.41, 5.74) is 0.872. The van der Waals surface area contributed by atoms with Gasteiger partial charge in [-0.1, -0.05) is 15.9 Å². The number of piperidine rings is 1. The number of amides is 1. The molecule has 116 valence electrons. The molecule has 5 nitrogen and oxygen atoms in total. The third-order valence-electron chi connectivity index (χ3n) is 4.01. The van der Waals surface area contributed by atoms with Gasteiger partial charge in [0.25, 0.3) is 5.91 Å². The molecule has 2 N–H and O–H groups in total. The molecule has 1 aliphatic heterocycles. The van der Waals surface area contributed by atoms with E-state index in [1.165, 1.54) is 12.1 Å². The lowest BCUT2D eigenvalue weighted by Gasteiger charge is -2.29. The second-order valence-corrected chi connectivity index (χ2v) is 6.35. The van der Waals surface area contributed by atoms with Gasteiger partial charge in [-0.05, 0) is 31.0 Å². The summed E-state index contributed by atoms with van der Waals surface area (Å²) in [6.07, 6.45) is 0.891. The summed E-state index contributed by atoms with van der Waals surface area (Å²) in [7, 11) is 0. The van der Waals surface area contributed by atoms with Crippen molar-refractivity contribution in [2.24, 2.45) is 5.92 Å². The monoisotopic (exact) mass is 368 g/mol. The number of aromatic nitrogens is 1. The van der Waals surface area contributed by atoms with Crippen molar-refractivity contribution in [1.82, 2.24) is 9.88 Å². The largest absolute Gasteiger partial charge is 0.481 e. The number of fused-ring (bicyclic) bond motifs is 1. The molecule has 0 radical (unpaired) electrons. The van der Waals surface area contributed by atoms with E-state index in [1.54, 1.807) is 11.0 Å². The van der Waals surface area contributed by atoms with Crippen LogP contribution in [-0.2, 0) is 4.79 Å². The number of aromatic amines is 1. The van der Waals surface area contributed by atoms with Gasteiger partial charge in [0.05, 0.1) is 11.4 Å². The highest BCUT2D eigenvalue weighted by atomic mass is 79.9. The van der Waals surface area contributed by atoms with Crippen molar-refractivity contribution >= 4 is 38.7 Å². The van der Waals surface area contributed by atoms with Crippen LogP contribution in [0.1, 0.15) is 23.3 Å². The Hall–Kier alpha value is -1.89. The minimum absolute atomic E-state index is 0.226. The van der Waals surface area contributed by atoms with Crippen LogP contribution >= 0.6 is 15.9 Å². The topological polar surface area (TPSA) is 73.4 Å². The molecular formula is C15H14BrFN2O3. The lowest BCUT2D eigenvalue weighted by Crippen LogP contribution is -2.40. The number of likely N-dealkylation sites (tertiary alicyclic amines) is 1. The number of hydrogen-bond donors (Lipinski definition) is 2. The second kappa shape index (κ2) is 5.72. The second-order valence-electron chi connectivity index (χ2n) is 5.44. The maximum absolute atomic E-state index is 13.9. The molecule has 0 aliphatic carbocycles. The van der Waals surface area contributed by atoms with E-state index in [9.17, 15) is 14.0 Å². The molecule has 1 fully saturated rings. The highest BCUT2D eigenvalue weighted by molar-refractivity contribution is 9.10. The molecule has 1 aromatic heterocycles. The van der Waals surface area contributed by atoms with Gasteiger partial charge in [0.1, 0.15) is 11.5 Å². The molecular weight excluding hydrogens is 355 g/mol. The first-order valence-electron chi connectivity index (χ1n) is 6.95. The fourth-order valence-corrected chi connectivity index (χ4v) is 3.21. The number of rotatable bonds is 2. The Morgan fingerprint density at radius 2 is 1.95 bits per heavy atom. The van der Waals surface area contributed by atoms with Gasteiger partial charge in [-0.25, -0.2) is 4.39 Å². The van der Waals surface area contributed by atoms with E-state index in [2.05, 4.69) is 20.9 Å². The molecule has 1 aromatic carbocycles. The smallest absolute Gasteiger partial charge is 0.306 e. The zero-order chi connectivity index (χ0) is 15.9. The number of aliphatic carboxylic acids is 1. The van der Waals surface area contributed by atoms with Gasteiger partial charge < -0.3 is 15.0 Å². The molecule has 3 rings (SSSR count). The number of carbonyl (C=O) groups is 2. The van der Waals surface area contributed by atoms with E-state index < -0.39 is 11.8 Å². The van der Waals surface area contributed by atoms with Crippen LogP contribution < -0.4 is 0 Å². The first-order valence-corrected chi connectivity index (χ1v) is 7.75. The average Bonchev–Trinajstić information content (AvgIpc) is 2.90. The van der Waals surface area contributed by atoms with E-state index in [-0.39, 0.29) is 11.8 Å². The third-order valence-corrected chi connectivity index (χ3v) is 4.47. The number of halogens is 2. The molecule has 7 heteroatoms. The van der Waals surface area contributed by atoms with E-state index >= 15 is 0 Å². The number of nitrogens with zero attached hydrogens (tertiary/aromatic N) is 1. The van der Waals surface area contributed by atoms with Crippen LogP contribution in [0.5, 0.6) is 0 Å². The summed E-state index contributed by atoms with van der Waals surface area (Å²) >= 11 is 3.22. The van der Waals surface area contributed by atoms with Crippen molar-refractivity contribution < 1.29 is 19.1 Å². The first-order chi connectivity index (χ1) is 10.5. The molecule has 1 aliphatic rings. The quantitative estimate of drug-likeness (QED) is 0.855. The summed E-state index contributed by atoms with van der Waals surface area (Å²) in [5.74, 6) is -1.83. The van der Waals surface area contributed by atoms with Crippen LogP contribution in [0.15, 0.2) is 22.7 Å². The predicted octanol–water partition coefficient (Wildman–Crippen LogP) is 3.01. The van der Waals surface area contributed by atoms with Gasteiger partial charge in [0.2, 0.25) is 0 Å². The first kappa shape index (κ1) is 15.0. The molecule has 2 heterocycles. The SMILES string of the molecule is O=C(O)C1CCN(C(=O)c2cc3c(F)cc(Br)cc3[nH]2)CC1. The Kier molecular flexibility index (Phi) is 3.90. The summed E-state index contributed by atoms with van der Waals surface area (Å²) in [4.78, 5) is 27.9. The zero-order valence-corrected chi connectivity index (χ0v) is 13.2. The Morgan fingerprint density at radius 3 is 2.59 bits per heavy atom. The van der Waals surface area contributed by atoms with Crippen LogP contribution in [0.3, 0.4) is 0 Å². The Balaban J connectivity index is 1.81. The van der Waals surface area contributed by atoms with Gasteiger partial charge in [-0.3, -0.25) is 9.59 Å². The normalized spacial score (nSPS) is 16.2.